The third-order valence-corrected chi connectivity index (χ3v) is 13.5. The predicted octanol–water partition coefficient (Wildman–Crippen LogP) is 22.9. The number of esters is 3. The first kappa shape index (κ1) is 76.0. The molecule has 0 aliphatic carbocycles. The highest BCUT2D eigenvalue weighted by atomic mass is 16.6. The molecule has 0 rings (SSSR count). The van der Waals surface area contributed by atoms with Crippen LogP contribution in [0.25, 0.3) is 0 Å². The van der Waals surface area contributed by atoms with Crippen molar-refractivity contribution in [3.05, 3.63) is 158 Å². The topological polar surface area (TPSA) is 78.9 Å². The molecule has 456 valence electrons. The Labute approximate surface area is 499 Å². The number of allylic oxidation sites excluding steroid dienone is 26. The minimum Gasteiger partial charge on any atom is -0.462 e. The lowest BCUT2D eigenvalue weighted by atomic mass is 10.0. The van der Waals surface area contributed by atoms with E-state index in [-0.39, 0.29) is 37.5 Å². The summed E-state index contributed by atoms with van der Waals surface area (Å²) in [7, 11) is 0. The lowest BCUT2D eigenvalue weighted by Crippen LogP contribution is -2.30. The molecule has 0 bridgehead atoms. The summed E-state index contributed by atoms with van der Waals surface area (Å²) < 4.78 is 16.9. The second kappa shape index (κ2) is 67.5. The van der Waals surface area contributed by atoms with E-state index in [1.165, 1.54) is 77.0 Å². The molecule has 0 radical (unpaired) electrons. The summed E-state index contributed by atoms with van der Waals surface area (Å²) in [5.74, 6) is -0.958. The molecule has 0 fully saturated rings. The van der Waals surface area contributed by atoms with Gasteiger partial charge in [-0.1, -0.05) is 275 Å². The lowest BCUT2D eigenvalue weighted by molar-refractivity contribution is -0.167. The molecule has 0 aromatic carbocycles. The zero-order chi connectivity index (χ0) is 58.5. The summed E-state index contributed by atoms with van der Waals surface area (Å²) in [6.45, 7) is 6.25. The first-order valence-corrected chi connectivity index (χ1v) is 33.0. The van der Waals surface area contributed by atoms with E-state index in [1.807, 2.05) is 0 Å². The van der Waals surface area contributed by atoms with Crippen molar-refractivity contribution in [2.24, 2.45) is 0 Å². The van der Waals surface area contributed by atoms with Gasteiger partial charge in [0.2, 0.25) is 0 Å². The average Bonchev–Trinajstić information content (AvgIpc) is 3.46. The molecule has 1 atom stereocenters. The van der Waals surface area contributed by atoms with Gasteiger partial charge < -0.3 is 14.2 Å². The van der Waals surface area contributed by atoms with Gasteiger partial charge in [-0.15, -0.1) is 0 Å². The van der Waals surface area contributed by atoms with Crippen LogP contribution < -0.4 is 0 Å². The first-order chi connectivity index (χ1) is 40.0. The minimum atomic E-state index is -0.810. The Kier molecular flexibility index (Phi) is 63.4. The quantitative estimate of drug-likeness (QED) is 0.0261. The van der Waals surface area contributed by atoms with Crippen molar-refractivity contribution >= 4 is 17.9 Å². The number of ether oxygens (including phenoxy) is 3. The van der Waals surface area contributed by atoms with Gasteiger partial charge in [-0.25, -0.2) is 0 Å². The lowest BCUT2D eigenvalue weighted by Gasteiger charge is -2.18. The van der Waals surface area contributed by atoms with Crippen molar-refractivity contribution in [1.82, 2.24) is 0 Å². The van der Waals surface area contributed by atoms with Crippen LogP contribution in [0, 0.1) is 0 Å². The smallest absolute Gasteiger partial charge is 0.306 e. The van der Waals surface area contributed by atoms with Crippen molar-refractivity contribution in [2.75, 3.05) is 13.2 Å². The van der Waals surface area contributed by atoms with Gasteiger partial charge in [-0.05, 0) is 141 Å². The number of rotatable bonds is 58. The molecule has 6 nitrogen and oxygen atoms in total. The van der Waals surface area contributed by atoms with Crippen LogP contribution in [0.3, 0.4) is 0 Å². The highest BCUT2D eigenvalue weighted by Crippen LogP contribution is 2.16. The van der Waals surface area contributed by atoms with E-state index in [9.17, 15) is 14.4 Å². The maximum Gasteiger partial charge on any atom is 0.306 e. The Morgan fingerprint density at radius 1 is 0.247 bits per heavy atom. The van der Waals surface area contributed by atoms with Gasteiger partial charge in [0.25, 0.3) is 0 Å². The largest absolute Gasteiger partial charge is 0.462 e. The van der Waals surface area contributed by atoms with E-state index in [2.05, 4.69) is 179 Å². The van der Waals surface area contributed by atoms with Crippen LogP contribution in [-0.2, 0) is 28.6 Å². The molecule has 0 aliphatic rings. The Balaban J connectivity index is 4.27. The Morgan fingerprint density at radius 3 is 0.704 bits per heavy atom. The van der Waals surface area contributed by atoms with Crippen LogP contribution in [0.1, 0.15) is 278 Å². The fourth-order valence-corrected chi connectivity index (χ4v) is 8.69. The summed E-state index contributed by atoms with van der Waals surface area (Å²) in [6.07, 6.45) is 98.4. The van der Waals surface area contributed by atoms with Crippen LogP contribution in [0.15, 0.2) is 158 Å². The maximum absolute atomic E-state index is 12.9. The predicted molar refractivity (Wildman–Crippen MR) is 352 cm³/mol. The summed E-state index contributed by atoms with van der Waals surface area (Å²) in [6, 6.07) is 0. The van der Waals surface area contributed by atoms with Gasteiger partial charge >= 0.3 is 17.9 Å². The summed E-state index contributed by atoms with van der Waals surface area (Å²) in [5.41, 5.74) is 0. The molecule has 81 heavy (non-hydrogen) atoms. The zero-order valence-electron chi connectivity index (χ0n) is 52.2. The summed E-state index contributed by atoms with van der Waals surface area (Å²) in [5, 5.41) is 0. The molecule has 0 aromatic rings. The highest BCUT2D eigenvalue weighted by molar-refractivity contribution is 5.71. The van der Waals surface area contributed by atoms with Crippen LogP contribution in [-0.4, -0.2) is 37.2 Å². The molecule has 0 N–H and O–H groups in total. The Bertz CT molecular complexity index is 1810. The molecule has 0 amide bonds. The molecule has 0 saturated carbocycles. The number of hydrogen-bond acceptors (Lipinski definition) is 6. The number of carbonyl (C=O) groups is 3. The fraction of sp³-hybridized carbons (Fsp3) is 0.613. The van der Waals surface area contributed by atoms with Gasteiger partial charge in [-0.3, -0.25) is 14.4 Å². The monoisotopic (exact) mass is 1120 g/mol. The van der Waals surface area contributed by atoms with Crippen LogP contribution in [0.2, 0.25) is 0 Å². The Hall–Kier alpha value is -4.97. The average molecular weight is 1120 g/mol. The SMILES string of the molecule is CC/C=C\C/C=C\C/C=C\C/C=C\C/C=C\C/C=C\CCCCCCCCCCCCCCCCC(=O)OCC(COC(=O)CCCCC/C=C\C/C=C\C/C=C\CC)OC(=O)CCCCCC/C=C\C/C=C\C/C=C\C/C=C\CC. The highest BCUT2D eigenvalue weighted by Gasteiger charge is 2.19. The van der Waals surface area contributed by atoms with Crippen molar-refractivity contribution in [3.8, 4) is 0 Å². The van der Waals surface area contributed by atoms with E-state index in [0.717, 1.165) is 161 Å². The molecule has 0 aromatic heterocycles. The standard InChI is InChI=1S/C75H120O6/c1-4-7-10-13-16-19-22-25-27-29-30-31-32-33-34-35-36-37-38-39-40-41-42-43-44-46-47-50-53-56-59-62-65-68-74(77)80-71-72(70-79-73(76)67-64-61-58-55-52-49-24-21-18-15-12-9-6-3)81-75(78)69-66-63-60-57-54-51-48-45-28-26-23-20-17-14-11-8-5-2/h7-12,16-21,25-28,30-31,33-34,36-37,48-49,51-52,72H,4-6,13-15,22-24,29,32,35,38-47,50,53-71H2,1-3H3/b10-7-,11-8-,12-9-,19-16-,20-17-,21-18-,27-25-,28-26-,31-30-,34-33-,37-36-,51-48-,52-49-. The van der Waals surface area contributed by atoms with E-state index >= 15 is 0 Å². The van der Waals surface area contributed by atoms with Crippen molar-refractivity contribution in [1.29, 1.82) is 0 Å². The van der Waals surface area contributed by atoms with Gasteiger partial charge in [0.05, 0.1) is 0 Å². The fourth-order valence-electron chi connectivity index (χ4n) is 8.69. The van der Waals surface area contributed by atoms with E-state index in [4.69, 9.17) is 14.2 Å². The van der Waals surface area contributed by atoms with E-state index in [1.54, 1.807) is 0 Å². The molecular weight excluding hydrogens is 997 g/mol. The van der Waals surface area contributed by atoms with E-state index < -0.39 is 6.10 Å². The summed E-state index contributed by atoms with van der Waals surface area (Å²) in [4.78, 5) is 38.3. The molecule has 0 aliphatic heterocycles. The number of hydrogen-bond donors (Lipinski definition) is 0. The molecule has 0 heterocycles. The van der Waals surface area contributed by atoms with Crippen LogP contribution >= 0.6 is 0 Å². The number of carbonyl (C=O) groups excluding carboxylic acids is 3. The Morgan fingerprint density at radius 2 is 0.444 bits per heavy atom. The molecule has 0 saturated heterocycles. The van der Waals surface area contributed by atoms with Crippen LogP contribution in [0.4, 0.5) is 0 Å². The summed E-state index contributed by atoms with van der Waals surface area (Å²) >= 11 is 0. The molecule has 0 spiro atoms. The molecular formula is C75H120O6. The second-order valence-corrected chi connectivity index (χ2v) is 21.2. The second-order valence-electron chi connectivity index (χ2n) is 21.2. The van der Waals surface area contributed by atoms with E-state index in [0.29, 0.717) is 12.8 Å². The van der Waals surface area contributed by atoms with Gasteiger partial charge in [-0.2, -0.15) is 0 Å². The molecule has 1 unspecified atom stereocenters. The normalized spacial score (nSPS) is 13.2. The van der Waals surface area contributed by atoms with Crippen molar-refractivity contribution in [3.63, 3.8) is 0 Å². The van der Waals surface area contributed by atoms with Crippen molar-refractivity contribution < 1.29 is 28.6 Å². The zero-order valence-corrected chi connectivity index (χ0v) is 52.2. The third-order valence-electron chi connectivity index (χ3n) is 13.5. The number of unbranched alkanes of at least 4 members (excludes halogenated alkanes) is 21. The maximum atomic E-state index is 12.9. The molecule has 6 heteroatoms. The third kappa shape index (κ3) is 65.7. The van der Waals surface area contributed by atoms with Gasteiger partial charge in [0, 0.05) is 19.3 Å². The first-order valence-electron chi connectivity index (χ1n) is 33.0. The minimum absolute atomic E-state index is 0.102. The van der Waals surface area contributed by atoms with Gasteiger partial charge in [0.1, 0.15) is 13.2 Å². The van der Waals surface area contributed by atoms with Crippen molar-refractivity contribution in [2.45, 2.75) is 284 Å². The van der Waals surface area contributed by atoms with Crippen LogP contribution in [0.5, 0.6) is 0 Å². The van der Waals surface area contributed by atoms with Gasteiger partial charge in [0.15, 0.2) is 6.10 Å².